The number of halogens is 2. The minimum atomic E-state index is -0.503. The molecule has 0 spiro atoms. The fourth-order valence-electron chi connectivity index (χ4n) is 2.55. The van der Waals surface area contributed by atoms with Crippen LogP contribution in [0.3, 0.4) is 0 Å². The van der Waals surface area contributed by atoms with Crippen LogP contribution >= 0.6 is 11.6 Å². The van der Waals surface area contributed by atoms with Gasteiger partial charge in [0.1, 0.15) is 11.6 Å². The molecule has 2 N–H and O–H groups in total. The van der Waals surface area contributed by atoms with Crippen LogP contribution in [0.15, 0.2) is 12.1 Å². The number of ether oxygens (including phenoxy) is 1. The van der Waals surface area contributed by atoms with Gasteiger partial charge in [-0.3, -0.25) is 0 Å². The maximum atomic E-state index is 13.2. The molecule has 18 heavy (non-hydrogen) atoms. The number of hydrogen-bond donors (Lipinski definition) is 1. The zero-order valence-corrected chi connectivity index (χ0v) is 11.3. The molecule has 2 nitrogen and oxygen atoms in total. The van der Waals surface area contributed by atoms with E-state index < -0.39 is 5.82 Å². The second-order valence-corrected chi connectivity index (χ2v) is 5.39. The molecule has 0 aliphatic heterocycles. The van der Waals surface area contributed by atoms with Crippen LogP contribution in [0, 0.1) is 11.7 Å². The zero-order valence-electron chi connectivity index (χ0n) is 10.6. The Bertz CT molecular complexity index is 425. The van der Waals surface area contributed by atoms with Crippen LogP contribution in [0.5, 0.6) is 5.75 Å². The lowest BCUT2D eigenvalue weighted by Gasteiger charge is -2.29. The summed E-state index contributed by atoms with van der Waals surface area (Å²) in [5.41, 5.74) is 6.07. The monoisotopic (exact) mass is 271 g/mol. The molecule has 0 saturated heterocycles. The molecule has 100 valence electrons. The second kappa shape index (κ2) is 5.79. The number of nitrogen functional groups attached to an aromatic ring is 1. The first-order valence-electron chi connectivity index (χ1n) is 6.51. The lowest BCUT2D eigenvalue weighted by atomic mass is 9.85. The smallest absolute Gasteiger partial charge is 0.144 e. The summed E-state index contributed by atoms with van der Waals surface area (Å²) in [4.78, 5) is 0. The molecule has 1 aliphatic carbocycles. The summed E-state index contributed by atoms with van der Waals surface area (Å²) in [5, 5.41) is 0.0575. The van der Waals surface area contributed by atoms with Crippen molar-refractivity contribution in [3.05, 3.63) is 23.0 Å². The van der Waals surface area contributed by atoms with Crippen LogP contribution in [0.25, 0.3) is 0 Å². The lowest BCUT2D eigenvalue weighted by Crippen LogP contribution is -2.25. The third-order valence-corrected chi connectivity index (χ3v) is 3.95. The lowest BCUT2D eigenvalue weighted by molar-refractivity contribution is 0.123. The molecular formula is C14H19ClFNO. The molecule has 2 atom stereocenters. The summed E-state index contributed by atoms with van der Waals surface area (Å²) in [6.45, 7) is 2.20. The fraction of sp³-hybridized carbons (Fsp3) is 0.571. The summed E-state index contributed by atoms with van der Waals surface area (Å²) in [7, 11) is 0. The molecule has 4 heteroatoms. The van der Waals surface area contributed by atoms with Crippen molar-refractivity contribution in [2.24, 2.45) is 5.92 Å². The third-order valence-electron chi connectivity index (χ3n) is 3.66. The van der Waals surface area contributed by atoms with Gasteiger partial charge in [-0.1, -0.05) is 31.4 Å². The minimum Gasteiger partial charge on any atom is -0.488 e. The summed E-state index contributed by atoms with van der Waals surface area (Å²) < 4.78 is 19.1. The topological polar surface area (TPSA) is 35.2 Å². The van der Waals surface area contributed by atoms with Crippen LogP contribution in [-0.2, 0) is 0 Å². The zero-order chi connectivity index (χ0) is 13.1. The quantitative estimate of drug-likeness (QED) is 0.827. The van der Waals surface area contributed by atoms with Crippen molar-refractivity contribution in [3.63, 3.8) is 0 Å². The molecule has 0 aromatic heterocycles. The van der Waals surface area contributed by atoms with Gasteiger partial charge in [-0.05, 0) is 25.2 Å². The van der Waals surface area contributed by atoms with E-state index in [2.05, 4.69) is 6.92 Å². The van der Waals surface area contributed by atoms with Crippen LogP contribution in [0.2, 0.25) is 5.02 Å². The number of nitrogens with two attached hydrogens (primary N) is 1. The maximum absolute atomic E-state index is 13.2. The first-order valence-corrected chi connectivity index (χ1v) is 6.89. The average molecular weight is 272 g/mol. The van der Waals surface area contributed by atoms with Crippen LogP contribution in [0.4, 0.5) is 10.1 Å². The van der Waals surface area contributed by atoms with Crippen LogP contribution in [-0.4, -0.2) is 6.10 Å². The Morgan fingerprint density at radius 2 is 2.22 bits per heavy atom. The average Bonchev–Trinajstić information content (AvgIpc) is 2.36. The van der Waals surface area contributed by atoms with E-state index >= 15 is 0 Å². The molecule has 1 saturated carbocycles. The first kappa shape index (κ1) is 13.5. The van der Waals surface area contributed by atoms with E-state index in [1.54, 1.807) is 0 Å². The maximum Gasteiger partial charge on any atom is 0.144 e. The standard InChI is InChI=1S/C14H19ClFNO/c1-2-9-4-3-5-10(6-9)18-14-7-11(15)12(16)8-13(14)17/h7-10H,2-6,17H2,1H3. The summed E-state index contributed by atoms with van der Waals surface area (Å²) in [5.74, 6) is 0.723. The number of hydrogen-bond acceptors (Lipinski definition) is 2. The number of anilines is 1. The number of benzene rings is 1. The largest absolute Gasteiger partial charge is 0.488 e. The predicted molar refractivity (Wildman–Crippen MR) is 72.5 cm³/mol. The van der Waals surface area contributed by atoms with Gasteiger partial charge in [0.15, 0.2) is 0 Å². The Morgan fingerprint density at radius 3 is 2.94 bits per heavy atom. The normalized spacial score (nSPS) is 23.9. The van der Waals surface area contributed by atoms with E-state index in [0.29, 0.717) is 11.4 Å². The van der Waals surface area contributed by atoms with E-state index in [0.717, 1.165) is 18.8 Å². The summed E-state index contributed by atoms with van der Waals surface area (Å²) in [6.07, 6.45) is 5.89. The third kappa shape index (κ3) is 3.08. The van der Waals surface area contributed by atoms with Gasteiger partial charge in [0.2, 0.25) is 0 Å². The molecule has 1 aliphatic rings. The van der Waals surface area contributed by atoms with Gasteiger partial charge in [-0.2, -0.15) is 0 Å². The van der Waals surface area contributed by atoms with Crippen molar-refractivity contribution in [3.8, 4) is 5.75 Å². The molecule has 0 bridgehead atoms. The SMILES string of the molecule is CCC1CCCC(Oc2cc(Cl)c(F)cc2N)C1. The van der Waals surface area contributed by atoms with Crippen LogP contribution < -0.4 is 10.5 Å². The van der Waals surface area contributed by atoms with E-state index in [-0.39, 0.29) is 11.1 Å². The van der Waals surface area contributed by atoms with Crippen molar-refractivity contribution >= 4 is 17.3 Å². The second-order valence-electron chi connectivity index (χ2n) is 4.98. The molecule has 0 heterocycles. The van der Waals surface area contributed by atoms with Gasteiger partial charge in [0, 0.05) is 12.1 Å². The van der Waals surface area contributed by atoms with E-state index in [1.807, 2.05) is 0 Å². The number of rotatable bonds is 3. The Morgan fingerprint density at radius 1 is 1.44 bits per heavy atom. The van der Waals surface area contributed by atoms with E-state index in [4.69, 9.17) is 22.1 Å². The molecule has 0 amide bonds. The van der Waals surface area contributed by atoms with Crippen molar-refractivity contribution in [1.82, 2.24) is 0 Å². The highest BCUT2D eigenvalue weighted by Gasteiger charge is 2.23. The molecule has 2 unspecified atom stereocenters. The van der Waals surface area contributed by atoms with Crippen molar-refractivity contribution in [2.75, 3.05) is 5.73 Å². The van der Waals surface area contributed by atoms with Gasteiger partial charge in [-0.15, -0.1) is 0 Å². The highest BCUT2D eigenvalue weighted by atomic mass is 35.5. The predicted octanol–water partition coefficient (Wildman–Crippen LogP) is 4.41. The molecule has 1 aromatic rings. The van der Waals surface area contributed by atoms with Gasteiger partial charge < -0.3 is 10.5 Å². The summed E-state index contributed by atoms with van der Waals surface area (Å²) in [6, 6.07) is 2.69. The molecule has 1 aromatic carbocycles. The Hall–Kier alpha value is -0.960. The van der Waals surface area contributed by atoms with Gasteiger partial charge in [0.05, 0.1) is 16.8 Å². The minimum absolute atomic E-state index is 0.0575. The van der Waals surface area contributed by atoms with Crippen molar-refractivity contribution in [2.45, 2.75) is 45.1 Å². The van der Waals surface area contributed by atoms with Gasteiger partial charge in [-0.25, -0.2) is 4.39 Å². The fourth-order valence-corrected chi connectivity index (χ4v) is 2.70. The Kier molecular flexibility index (Phi) is 4.33. The van der Waals surface area contributed by atoms with E-state index in [9.17, 15) is 4.39 Å². The van der Waals surface area contributed by atoms with E-state index in [1.165, 1.54) is 31.4 Å². The molecule has 0 radical (unpaired) electrons. The Labute approximate surface area is 112 Å². The van der Waals surface area contributed by atoms with Gasteiger partial charge >= 0.3 is 0 Å². The van der Waals surface area contributed by atoms with Gasteiger partial charge in [0.25, 0.3) is 0 Å². The highest BCUT2D eigenvalue weighted by molar-refractivity contribution is 6.31. The highest BCUT2D eigenvalue weighted by Crippen LogP contribution is 2.33. The van der Waals surface area contributed by atoms with Crippen molar-refractivity contribution in [1.29, 1.82) is 0 Å². The summed E-state index contributed by atoms with van der Waals surface area (Å²) >= 11 is 5.75. The molecule has 2 rings (SSSR count). The Balaban J connectivity index is 2.07. The first-order chi connectivity index (χ1) is 8.60. The molecule has 1 fully saturated rings. The van der Waals surface area contributed by atoms with Crippen LogP contribution in [0.1, 0.15) is 39.0 Å². The molecular weight excluding hydrogens is 253 g/mol. The van der Waals surface area contributed by atoms with Crippen molar-refractivity contribution < 1.29 is 9.13 Å².